The lowest BCUT2D eigenvalue weighted by Gasteiger charge is -2.19. The number of aryl methyl sites for hydroxylation is 1. The van der Waals surface area contributed by atoms with Gasteiger partial charge in [0.05, 0.1) is 11.6 Å². The van der Waals surface area contributed by atoms with Crippen molar-refractivity contribution in [1.29, 1.82) is 0 Å². The smallest absolute Gasteiger partial charge is 0.227 e. The number of nitrogens with two attached hydrogens (primary N) is 1. The van der Waals surface area contributed by atoms with E-state index in [2.05, 4.69) is 4.98 Å². The number of pyridine rings is 1. The van der Waals surface area contributed by atoms with Gasteiger partial charge in [0.15, 0.2) is 5.15 Å². The number of hydrogen-bond donors (Lipinski definition) is 1. The van der Waals surface area contributed by atoms with Crippen LogP contribution >= 0.6 is 23.2 Å². The molecular weight excluding hydrogens is 277 g/mol. The van der Waals surface area contributed by atoms with Crippen molar-refractivity contribution in [2.45, 2.75) is 13.3 Å². The second-order valence-electron chi connectivity index (χ2n) is 4.21. The van der Waals surface area contributed by atoms with Crippen LogP contribution in [0, 0.1) is 12.8 Å². The molecule has 2 N–H and O–H groups in total. The molecule has 1 aliphatic rings. The van der Waals surface area contributed by atoms with E-state index in [1.165, 1.54) is 4.90 Å². The third-order valence-electron chi connectivity index (χ3n) is 2.91. The molecule has 1 unspecified atom stereocenters. The molecule has 0 aliphatic carbocycles. The van der Waals surface area contributed by atoms with Crippen molar-refractivity contribution >= 4 is 40.7 Å². The Morgan fingerprint density at radius 3 is 2.72 bits per heavy atom. The summed E-state index contributed by atoms with van der Waals surface area (Å²) in [5.41, 5.74) is 6.44. The van der Waals surface area contributed by atoms with Gasteiger partial charge in [-0.25, -0.2) is 4.98 Å². The summed E-state index contributed by atoms with van der Waals surface area (Å²) in [4.78, 5) is 28.3. The Hall–Kier alpha value is -1.33. The third kappa shape index (κ3) is 2.28. The highest BCUT2D eigenvalue weighted by Gasteiger charge is 2.35. The Morgan fingerprint density at radius 1 is 1.56 bits per heavy atom. The minimum atomic E-state index is -0.485. The van der Waals surface area contributed by atoms with Gasteiger partial charge in [0.2, 0.25) is 11.8 Å². The Labute approximate surface area is 114 Å². The number of amides is 2. The average molecular weight is 288 g/mol. The van der Waals surface area contributed by atoms with Crippen molar-refractivity contribution in [2.75, 3.05) is 11.4 Å². The first-order chi connectivity index (χ1) is 8.40. The van der Waals surface area contributed by atoms with Crippen LogP contribution < -0.4 is 10.6 Å². The number of nitrogens with zero attached hydrogens (tertiary/aromatic N) is 2. The van der Waals surface area contributed by atoms with Gasteiger partial charge in [-0.3, -0.25) is 9.59 Å². The maximum atomic E-state index is 11.9. The topological polar surface area (TPSA) is 76.3 Å². The summed E-state index contributed by atoms with van der Waals surface area (Å²) in [7, 11) is 0. The summed E-state index contributed by atoms with van der Waals surface area (Å²) >= 11 is 11.8. The zero-order valence-electron chi connectivity index (χ0n) is 9.61. The fourth-order valence-corrected chi connectivity index (χ4v) is 2.66. The molecule has 7 heteroatoms. The van der Waals surface area contributed by atoms with Crippen LogP contribution in [0.4, 0.5) is 5.69 Å². The predicted octanol–water partition coefficient (Wildman–Crippen LogP) is 1.54. The number of anilines is 1. The zero-order chi connectivity index (χ0) is 13.4. The molecule has 1 aromatic rings. The van der Waals surface area contributed by atoms with Crippen LogP contribution in [0.3, 0.4) is 0 Å². The van der Waals surface area contributed by atoms with E-state index in [-0.39, 0.29) is 29.2 Å². The van der Waals surface area contributed by atoms with Gasteiger partial charge in [-0.1, -0.05) is 23.2 Å². The lowest BCUT2D eigenvalue weighted by Crippen LogP contribution is -2.29. The van der Waals surface area contributed by atoms with E-state index in [1.54, 1.807) is 13.0 Å². The van der Waals surface area contributed by atoms with Gasteiger partial charge in [-0.2, -0.15) is 0 Å². The van der Waals surface area contributed by atoms with Gasteiger partial charge in [0, 0.05) is 13.0 Å². The molecule has 1 aromatic heterocycles. The zero-order valence-corrected chi connectivity index (χ0v) is 11.1. The molecule has 1 atom stereocenters. The predicted molar refractivity (Wildman–Crippen MR) is 68.6 cm³/mol. The summed E-state index contributed by atoms with van der Waals surface area (Å²) in [6, 6.07) is 1.62. The number of carbonyl (C=O) groups excluding carboxylic acids is 2. The lowest BCUT2D eigenvalue weighted by molar-refractivity contribution is -0.123. The number of primary amides is 1. The van der Waals surface area contributed by atoms with E-state index in [0.29, 0.717) is 5.69 Å². The van der Waals surface area contributed by atoms with Crippen LogP contribution in [0.5, 0.6) is 0 Å². The minimum Gasteiger partial charge on any atom is -0.369 e. The number of carbonyl (C=O) groups is 2. The van der Waals surface area contributed by atoms with E-state index in [1.807, 2.05) is 0 Å². The highest BCUT2D eigenvalue weighted by Crippen LogP contribution is 2.34. The Kier molecular flexibility index (Phi) is 3.45. The van der Waals surface area contributed by atoms with Gasteiger partial charge < -0.3 is 10.6 Å². The van der Waals surface area contributed by atoms with Crippen molar-refractivity contribution in [3.8, 4) is 0 Å². The van der Waals surface area contributed by atoms with Crippen LogP contribution in [-0.4, -0.2) is 23.3 Å². The van der Waals surface area contributed by atoms with Gasteiger partial charge in [-0.05, 0) is 18.6 Å². The minimum absolute atomic E-state index is 0.105. The first-order valence-corrected chi connectivity index (χ1v) is 6.08. The maximum absolute atomic E-state index is 11.9. The Balaban J connectivity index is 2.39. The monoisotopic (exact) mass is 287 g/mol. The van der Waals surface area contributed by atoms with E-state index in [9.17, 15) is 9.59 Å². The maximum Gasteiger partial charge on any atom is 0.227 e. The van der Waals surface area contributed by atoms with E-state index in [0.717, 1.165) is 5.56 Å². The molecule has 0 spiro atoms. The summed E-state index contributed by atoms with van der Waals surface area (Å²) in [5, 5.41) is 0.415. The van der Waals surface area contributed by atoms with Crippen LogP contribution in [0.1, 0.15) is 12.0 Å². The number of halogens is 2. The average Bonchev–Trinajstić information content (AvgIpc) is 2.59. The molecule has 5 nitrogen and oxygen atoms in total. The van der Waals surface area contributed by atoms with Gasteiger partial charge in [-0.15, -0.1) is 0 Å². The van der Waals surface area contributed by atoms with E-state index >= 15 is 0 Å². The van der Waals surface area contributed by atoms with Crippen LogP contribution in [-0.2, 0) is 9.59 Å². The summed E-state index contributed by atoms with van der Waals surface area (Å²) in [6.45, 7) is 2.01. The van der Waals surface area contributed by atoms with Gasteiger partial charge in [0.1, 0.15) is 5.15 Å². The first-order valence-electron chi connectivity index (χ1n) is 5.32. The summed E-state index contributed by atoms with van der Waals surface area (Å²) < 4.78 is 0. The van der Waals surface area contributed by atoms with Crippen molar-refractivity contribution in [3.05, 3.63) is 21.9 Å². The third-order valence-corrected chi connectivity index (χ3v) is 3.36. The normalized spacial score (nSPS) is 19.4. The largest absolute Gasteiger partial charge is 0.369 e. The highest BCUT2D eigenvalue weighted by atomic mass is 35.5. The van der Waals surface area contributed by atoms with Crippen molar-refractivity contribution in [3.63, 3.8) is 0 Å². The van der Waals surface area contributed by atoms with Crippen molar-refractivity contribution in [1.82, 2.24) is 4.98 Å². The Morgan fingerprint density at radius 2 is 2.22 bits per heavy atom. The molecule has 96 valence electrons. The van der Waals surface area contributed by atoms with E-state index < -0.39 is 11.8 Å². The molecule has 1 saturated heterocycles. The molecule has 0 aromatic carbocycles. The summed E-state index contributed by atoms with van der Waals surface area (Å²) in [6.07, 6.45) is 0.105. The fraction of sp³-hybridized carbons (Fsp3) is 0.364. The van der Waals surface area contributed by atoms with Crippen molar-refractivity contribution < 1.29 is 9.59 Å². The van der Waals surface area contributed by atoms with Gasteiger partial charge >= 0.3 is 0 Å². The van der Waals surface area contributed by atoms with Crippen LogP contribution in [0.2, 0.25) is 10.3 Å². The van der Waals surface area contributed by atoms with Gasteiger partial charge in [0.25, 0.3) is 0 Å². The molecule has 0 bridgehead atoms. The molecule has 0 radical (unpaired) electrons. The molecule has 1 fully saturated rings. The molecule has 2 rings (SSSR count). The standard InChI is InChI=1S/C11H11Cl2N3O2/c1-5-2-7(12)15-10(13)9(5)16-4-6(11(14)18)3-8(16)17/h2,6H,3-4H2,1H3,(H2,14,18). The lowest BCUT2D eigenvalue weighted by atomic mass is 10.1. The number of hydrogen-bond acceptors (Lipinski definition) is 3. The quantitative estimate of drug-likeness (QED) is 0.838. The SMILES string of the molecule is Cc1cc(Cl)nc(Cl)c1N1CC(C(N)=O)CC1=O. The molecule has 2 amide bonds. The van der Waals surface area contributed by atoms with Crippen molar-refractivity contribution in [2.24, 2.45) is 11.7 Å². The molecule has 0 saturated carbocycles. The van der Waals surface area contributed by atoms with E-state index in [4.69, 9.17) is 28.9 Å². The van der Waals surface area contributed by atoms with Crippen LogP contribution in [0.25, 0.3) is 0 Å². The summed E-state index contributed by atoms with van der Waals surface area (Å²) in [5.74, 6) is -1.15. The highest BCUT2D eigenvalue weighted by molar-refractivity contribution is 6.35. The second-order valence-corrected chi connectivity index (χ2v) is 4.95. The number of aromatic nitrogens is 1. The second kappa shape index (κ2) is 4.74. The molecular formula is C11H11Cl2N3O2. The van der Waals surface area contributed by atoms with Crippen LogP contribution in [0.15, 0.2) is 6.07 Å². The molecule has 1 aliphatic heterocycles. The fourth-order valence-electron chi connectivity index (χ4n) is 2.03. The molecule has 18 heavy (non-hydrogen) atoms. The Bertz CT molecular complexity index is 510. The first kappa shape index (κ1) is 13.1. The number of rotatable bonds is 2. The molecule has 2 heterocycles.